The maximum absolute atomic E-state index is 10.6. The lowest BCUT2D eigenvalue weighted by Gasteiger charge is -1.99. The van der Waals surface area contributed by atoms with Crippen LogP contribution in [-0.4, -0.2) is 30.2 Å². The zero-order valence-electron chi connectivity index (χ0n) is 7.26. The van der Waals surface area contributed by atoms with E-state index in [4.69, 9.17) is 5.11 Å². The van der Waals surface area contributed by atoms with Crippen LogP contribution in [0.25, 0.3) is 0 Å². The Morgan fingerprint density at radius 1 is 1.62 bits per heavy atom. The van der Waals surface area contributed by atoms with Crippen molar-refractivity contribution in [3.05, 3.63) is 16.3 Å². The van der Waals surface area contributed by atoms with Gasteiger partial charge in [-0.05, 0) is 11.4 Å². The summed E-state index contributed by atoms with van der Waals surface area (Å²) in [5.74, 6) is -0.970. The number of nitrogens with zero attached hydrogens (tertiary/aromatic N) is 3. The molecular weight excluding hydrogens is 190 g/mol. The van der Waals surface area contributed by atoms with Crippen LogP contribution < -0.4 is 0 Å². The first-order chi connectivity index (χ1) is 6.11. The molecule has 0 bridgehead atoms. The molecule has 5 nitrogen and oxygen atoms in total. The Morgan fingerprint density at radius 3 is 2.85 bits per heavy atom. The lowest BCUT2D eigenvalue weighted by molar-refractivity contribution is 0.0703. The Bertz CT molecular complexity index is 332. The highest BCUT2D eigenvalue weighted by Crippen LogP contribution is 2.25. The minimum Gasteiger partial charge on any atom is -0.477 e. The van der Waals surface area contributed by atoms with Gasteiger partial charge < -0.3 is 5.11 Å². The minimum absolute atomic E-state index is 0.214. The molecule has 0 atom stereocenters. The number of carbonyl (C=O) groups is 1. The molecular formula is C7H9N3O2S. The molecule has 1 rings (SSSR count). The highest BCUT2D eigenvalue weighted by molar-refractivity contribution is 7.12. The second-order valence-electron chi connectivity index (χ2n) is 2.48. The van der Waals surface area contributed by atoms with E-state index in [1.54, 1.807) is 25.5 Å². The summed E-state index contributed by atoms with van der Waals surface area (Å²) in [5.41, 5.74) is 0.395. The molecule has 6 heteroatoms. The van der Waals surface area contributed by atoms with Crippen molar-refractivity contribution < 1.29 is 9.90 Å². The molecule has 0 unspecified atom stereocenters. The quantitative estimate of drug-likeness (QED) is 0.598. The van der Waals surface area contributed by atoms with Crippen LogP contribution in [0.5, 0.6) is 0 Å². The fourth-order valence-electron chi connectivity index (χ4n) is 0.679. The van der Waals surface area contributed by atoms with E-state index in [9.17, 15) is 4.79 Å². The summed E-state index contributed by atoms with van der Waals surface area (Å²) in [6.45, 7) is 0. The van der Waals surface area contributed by atoms with Crippen molar-refractivity contribution in [3.8, 4) is 0 Å². The van der Waals surface area contributed by atoms with Crippen LogP contribution in [0.3, 0.4) is 0 Å². The molecule has 1 aromatic heterocycles. The zero-order chi connectivity index (χ0) is 9.84. The molecule has 0 saturated carbocycles. The molecule has 0 amide bonds. The Labute approximate surface area is 79.3 Å². The van der Waals surface area contributed by atoms with Crippen LogP contribution in [0.2, 0.25) is 0 Å². The first-order valence-electron chi connectivity index (χ1n) is 3.51. The third-order valence-electron chi connectivity index (χ3n) is 1.17. The lowest BCUT2D eigenvalue weighted by Crippen LogP contribution is -1.99. The van der Waals surface area contributed by atoms with Crippen LogP contribution in [0, 0.1) is 0 Å². The van der Waals surface area contributed by atoms with Crippen molar-refractivity contribution in [2.75, 3.05) is 14.1 Å². The number of aromatic carboxylic acids is 1. The number of rotatable bonds is 3. The van der Waals surface area contributed by atoms with Crippen molar-refractivity contribution in [1.29, 1.82) is 0 Å². The summed E-state index contributed by atoms with van der Waals surface area (Å²) in [6.07, 6.45) is 0. The summed E-state index contributed by atoms with van der Waals surface area (Å²) < 4.78 is 0. The van der Waals surface area contributed by atoms with E-state index in [2.05, 4.69) is 10.3 Å². The van der Waals surface area contributed by atoms with E-state index >= 15 is 0 Å². The highest BCUT2D eigenvalue weighted by atomic mass is 32.1. The van der Waals surface area contributed by atoms with Crippen molar-refractivity contribution in [3.63, 3.8) is 0 Å². The van der Waals surface area contributed by atoms with Gasteiger partial charge in [-0.15, -0.1) is 16.5 Å². The largest absolute Gasteiger partial charge is 0.477 e. The van der Waals surface area contributed by atoms with Gasteiger partial charge >= 0.3 is 5.97 Å². The first kappa shape index (κ1) is 9.66. The smallest absolute Gasteiger partial charge is 0.348 e. The molecule has 0 aliphatic heterocycles. The van der Waals surface area contributed by atoms with Gasteiger partial charge in [-0.25, -0.2) is 4.79 Å². The number of thiophene rings is 1. The van der Waals surface area contributed by atoms with Crippen LogP contribution >= 0.6 is 11.3 Å². The fourth-order valence-corrected chi connectivity index (χ4v) is 1.34. The van der Waals surface area contributed by atoms with Gasteiger partial charge in [0.2, 0.25) is 0 Å². The third kappa shape index (κ3) is 2.51. The van der Waals surface area contributed by atoms with E-state index in [-0.39, 0.29) is 4.88 Å². The molecule has 1 aromatic rings. The maximum Gasteiger partial charge on any atom is 0.348 e. The van der Waals surface area contributed by atoms with Gasteiger partial charge in [-0.2, -0.15) is 0 Å². The fraction of sp³-hybridized carbons (Fsp3) is 0.286. The van der Waals surface area contributed by atoms with Gasteiger partial charge in [0.05, 0.1) is 0 Å². The third-order valence-corrected chi connectivity index (χ3v) is 2.06. The molecule has 0 radical (unpaired) electrons. The number of carboxylic acid groups (broad SMARTS) is 1. The standard InChI is InChI=1S/C7H9N3O2S/c1-10(2)9-8-5-3-4-13-6(5)7(11)12/h3-4H,1-2H3,(H,11,12)/b9-8+. The van der Waals surface area contributed by atoms with Crippen molar-refractivity contribution >= 4 is 23.0 Å². The van der Waals surface area contributed by atoms with Gasteiger partial charge in [0, 0.05) is 14.1 Å². The van der Waals surface area contributed by atoms with Crippen LogP contribution in [0.15, 0.2) is 21.8 Å². The van der Waals surface area contributed by atoms with E-state index < -0.39 is 5.97 Å². The molecule has 1 N–H and O–H groups in total. The molecule has 0 fully saturated rings. The average molecular weight is 199 g/mol. The van der Waals surface area contributed by atoms with Gasteiger partial charge in [0.1, 0.15) is 10.6 Å². The SMILES string of the molecule is CN(C)/N=N/c1ccsc1C(=O)O. The number of hydrogen-bond acceptors (Lipinski definition) is 4. The molecule has 0 aromatic carbocycles. The van der Waals surface area contributed by atoms with Gasteiger partial charge in [0.25, 0.3) is 0 Å². The molecule has 13 heavy (non-hydrogen) atoms. The Balaban J connectivity index is 2.88. The minimum atomic E-state index is -0.970. The van der Waals surface area contributed by atoms with E-state index in [0.717, 1.165) is 11.3 Å². The van der Waals surface area contributed by atoms with Crippen LogP contribution in [0.4, 0.5) is 5.69 Å². The molecule has 0 saturated heterocycles. The molecule has 0 spiro atoms. The Morgan fingerprint density at radius 2 is 2.31 bits per heavy atom. The van der Waals surface area contributed by atoms with E-state index in [1.807, 2.05) is 0 Å². The molecule has 70 valence electrons. The summed E-state index contributed by atoms with van der Waals surface area (Å²) in [5, 5.41) is 19.4. The molecule has 1 heterocycles. The average Bonchev–Trinajstić information content (AvgIpc) is 2.47. The lowest BCUT2D eigenvalue weighted by atomic mass is 10.4. The van der Waals surface area contributed by atoms with Crippen molar-refractivity contribution in [2.24, 2.45) is 10.3 Å². The predicted octanol–water partition coefficient (Wildman–Crippen LogP) is 2.01. The van der Waals surface area contributed by atoms with Crippen molar-refractivity contribution in [1.82, 2.24) is 5.01 Å². The summed E-state index contributed by atoms with van der Waals surface area (Å²) >= 11 is 1.14. The predicted molar refractivity (Wildman–Crippen MR) is 49.5 cm³/mol. The van der Waals surface area contributed by atoms with Crippen LogP contribution in [0.1, 0.15) is 9.67 Å². The monoisotopic (exact) mass is 199 g/mol. The Kier molecular flexibility index (Phi) is 2.97. The molecule has 0 aliphatic rings. The van der Waals surface area contributed by atoms with E-state index in [1.165, 1.54) is 5.01 Å². The number of carboxylic acids is 1. The zero-order valence-corrected chi connectivity index (χ0v) is 8.08. The second kappa shape index (κ2) is 3.99. The van der Waals surface area contributed by atoms with E-state index in [0.29, 0.717) is 5.69 Å². The Hall–Kier alpha value is -1.43. The maximum atomic E-state index is 10.6. The number of hydrogen-bond donors (Lipinski definition) is 1. The first-order valence-corrected chi connectivity index (χ1v) is 4.39. The van der Waals surface area contributed by atoms with Gasteiger partial charge in [0.15, 0.2) is 0 Å². The van der Waals surface area contributed by atoms with Gasteiger partial charge in [-0.1, -0.05) is 5.22 Å². The second-order valence-corrected chi connectivity index (χ2v) is 3.39. The topological polar surface area (TPSA) is 65.3 Å². The normalized spacial score (nSPS) is 10.6. The molecule has 0 aliphatic carbocycles. The summed E-state index contributed by atoms with van der Waals surface area (Å²) in [6, 6.07) is 1.63. The summed E-state index contributed by atoms with van der Waals surface area (Å²) in [7, 11) is 3.44. The van der Waals surface area contributed by atoms with Gasteiger partial charge in [-0.3, -0.25) is 5.01 Å². The van der Waals surface area contributed by atoms with Crippen molar-refractivity contribution in [2.45, 2.75) is 0 Å². The highest BCUT2D eigenvalue weighted by Gasteiger charge is 2.10. The van der Waals surface area contributed by atoms with Crippen LogP contribution in [-0.2, 0) is 0 Å². The summed E-state index contributed by atoms with van der Waals surface area (Å²) in [4.78, 5) is 10.8.